The molecule has 1 aliphatic heterocycles. The van der Waals surface area contributed by atoms with Crippen molar-refractivity contribution in [2.45, 2.75) is 51.5 Å². The van der Waals surface area contributed by atoms with Crippen LogP contribution < -0.4 is 10.2 Å². The molecule has 1 heterocycles. The number of benzene rings is 2. The largest absolute Gasteiger partial charge is 0.481 e. The molecule has 0 aliphatic carbocycles. The molecule has 33 heavy (non-hydrogen) atoms. The van der Waals surface area contributed by atoms with Crippen LogP contribution in [0.5, 0.6) is 0 Å². The average molecular weight is 452 g/mol. The molecule has 7 nitrogen and oxygen atoms in total. The van der Waals surface area contributed by atoms with Crippen LogP contribution in [-0.4, -0.2) is 53.5 Å². The van der Waals surface area contributed by atoms with Crippen molar-refractivity contribution in [3.8, 4) is 0 Å². The number of hydrogen-bond donors (Lipinski definition) is 2. The van der Waals surface area contributed by atoms with Gasteiger partial charge in [0.15, 0.2) is 0 Å². The van der Waals surface area contributed by atoms with Crippen LogP contribution in [0.4, 0.5) is 11.4 Å². The average Bonchev–Trinajstić information content (AvgIpc) is 2.84. The van der Waals surface area contributed by atoms with E-state index in [0.717, 1.165) is 44.6 Å². The summed E-state index contributed by atoms with van der Waals surface area (Å²) in [5.41, 5.74) is 2.76. The molecular weight excluding hydrogens is 418 g/mol. The number of nitrogens with zero attached hydrogens (tertiary/aromatic N) is 2. The highest BCUT2D eigenvalue weighted by atomic mass is 16.4. The number of hydrogen-bond acceptors (Lipinski definition) is 4. The van der Waals surface area contributed by atoms with Crippen molar-refractivity contribution in [2.75, 3.05) is 29.9 Å². The summed E-state index contributed by atoms with van der Waals surface area (Å²) in [6.07, 6.45) is 3.04. The summed E-state index contributed by atoms with van der Waals surface area (Å²) in [4.78, 5) is 39.7. The first-order valence-electron chi connectivity index (χ1n) is 11.7. The third-order valence-corrected chi connectivity index (χ3v) is 6.05. The maximum atomic E-state index is 12.8. The van der Waals surface area contributed by atoms with Gasteiger partial charge in [-0.25, -0.2) is 0 Å². The zero-order valence-corrected chi connectivity index (χ0v) is 19.2. The Labute approximate surface area is 195 Å². The van der Waals surface area contributed by atoms with Gasteiger partial charge in [-0.05, 0) is 49.1 Å². The van der Waals surface area contributed by atoms with Gasteiger partial charge < -0.3 is 20.2 Å². The molecule has 0 radical (unpaired) electrons. The molecule has 1 fully saturated rings. The van der Waals surface area contributed by atoms with Crippen LogP contribution in [0.3, 0.4) is 0 Å². The number of carboxylic acids is 1. The summed E-state index contributed by atoms with van der Waals surface area (Å²) < 4.78 is 0. The number of anilines is 2. The van der Waals surface area contributed by atoms with Crippen molar-refractivity contribution >= 4 is 29.2 Å². The van der Waals surface area contributed by atoms with Gasteiger partial charge in [-0.3, -0.25) is 14.4 Å². The first-order chi connectivity index (χ1) is 16.0. The molecule has 2 amide bonds. The number of rotatable bonds is 10. The minimum Gasteiger partial charge on any atom is -0.481 e. The molecule has 2 aromatic carbocycles. The fourth-order valence-electron chi connectivity index (χ4n) is 4.21. The highest BCUT2D eigenvalue weighted by Gasteiger charge is 2.28. The van der Waals surface area contributed by atoms with E-state index in [1.54, 1.807) is 12.1 Å². The maximum absolute atomic E-state index is 12.8. The fraction of sp³-hybridized carbons (Fsp3) is 0.423. The molecule has 1 aliphatic rings. The highest BCUT2D eigenvalue weighted by Crippen LogP contribution is 2.26. The van der Waals surface area contributed by atoms with Crippen LogP contribution in [-0.2, 0) is 20.8 Å². The summed E-state index contributed by atoms with van der Waals surface area (Å²) in [5.74, 6) is -1.24. The van der Waals surface area contributed by atoms with E-state index in [-0.39, 0.29) is 30.7 Å². The lowest BCUT2D eigenvalue weighted by molar-refractivity contribution is -0.138. The number of amides is 2. The van der Waals surface area contributed by atoms with Crippen LogP contribution in [0.15, 0.2) is 54.6 Å². The number of likely N-dealkylation sites (tertiary alicyclic amines) is 1. The van der Waals surface area contributed by atoms with Gasteiger partial charge in [0.2, 0.25) is 11.8 Å². The van der Waals surface area contributed by atoms with Crippen LogP contribution in [0.2, 0.25) is 0 Å². The first kappa shape index (κ1) is 24.5. The van der Waals surface area contributed by atoms with E-state index >= 15 is 0 Å². The molecule has 0 aromatic heterocycles. The van der Waals surface area contributed by atoms with Crippen molar-refractivity contribution in [1.82, 2.24) is 4.90 Å². The lowest BCUT2D eigenvalue weighted by Gasteiger charge is -2.38. The molecule has 176 valence electrons. The van der Waals surface area contributed by atoms with E-state index in [0.29, 0.717) is 12.1 Å². The second-order valence-electron chi connectivity index (χ2n) is 8.41. The predicted octanol–water partition coefficient (Wildman–Crippen LogP) is 3.94. The number of carbonyl (C=O) groups is 3. The van der Waals surface area contributed by atoms with Crippen molar-refractivity contribution in [3.63, 3.8) is 0 Å². The Bertz CT molecular complexity index is 922. The monoisotopic (exact) mass is 451 g/mol. The summed E-state index contributed by atoms with van der Waals surface area (Å²) in [5, 5.41) is 11.4. The highest BCUT2D eigenvalue weighted by molar-refractivity contribution is 5.95. The van der Waals surface area contributed by atoms with Gasteiger partial charge in [0.1, 0.15) is 0 Å². The second-order valence-corrected chi connectivity index (χ2v) is 8.41. The molecule has 3 rings (SSSR count). The summed E-state index contributed by atoms with van der Waals surface area (Å²) in [7, 11) is 0. The zero-order valence-electron chi connectivity index (χ0n) is 19.2. The quantitative estimate of drug-likeness (QED) is 0.571. The third kappa shape index (κ3) is 7.43. The molecule has 0 unspecified atom stereocenters. The molecular formula is C26H33N3O4. The van der Waals surface area contributed by atoms with E-state index in [2.05, 4.69) is 34.5 Å². The van der Waals surface area contributed by atoms with Crippen LogP contribution in [0.25, 0.3) is 0 Å². The molecule has 2 aromatic rings. The van der Waals surface area contributed by atoms with E-state index in [1.807, 2.05) is 30.0 Å². The molecule has 7 heteroatoms. The Kier molecular flexibility index (Phi) is 9.01. The van der Waals surface area contributed by atoms with E-state index < -0.39 is 5.97 Å². The van der Waals surface area contributed by atoms with E-state index in [1.165, 1.54) is 5.56 Å². The van der Waals surface area contributed by atoms with Gasteiger partial charge >= 0.3 is 5.97 Å². The van der Waals surface area contributed by atoms with Gasteiger partial charge in [-0.2, -0.15) is 0 Å². The van der Waals surface area contributed by atoms with Gasteiger partial charge in [-0.1, -0.05) is 37.3 Å². The van der Waals surface area contributed by atoms with Gasteiger partial charge in [-0.15, -0.1) is 0 Å². The molecule has 0 bridgehead atoms. The van der Waals surface area contributed by atoms with Crippen molar-refractivity contribution in [2.24, 2.45) is 0 Å². The minimum absolute atomic E-state index is 0.0691. The Morgan fingerprint density at radius 2 is 1.67 bits per heavy atom. The summed E-state index contributed by atoms with van der Waals surface area (Å²) >= 11 is 0. The van der Waals surface area contributed by atoms with Gasteiger partial charge in [0, 0.05) is 49.9 Å². The van der Waals surface area contributed by atoms with Crippen LogP contribution in [0.1, 0.15) is 44.6 Å². The number of nitrogens with one attached hydrogen (secondary N) is 1. The fourth-order valence-corrected chi connectivity index (χ4v) is 4.21. The predicted molar refractivity (Wildman–Crippen MR) is 129 cm³/mol. The molecule has 2 N–H and O–H groups in total. The summed E-state index contributed by atoms with van der Waals surface area (Å²) in [6, 6.07) is 17.9. The smallest absolute Gasteiger partial charge is 0.303 e. The molecule has 1 saturated heterocycles. The Balaban J connectivity index is 1.57. The molecule has 0 saturated carbocycles. The summed E-state index contributed by atoms with van der Waals surface area (Å²) in [6.45, 7) is 4.82. The molecule has 0 atom stereocenters. The Hall–Kier alpha value is -3.19. The number of piperidine rings is 1. The van der Waals surface area contributed by atoms with Gasteiger partial charge in [0.25, 0.3) is 0 Å². The molecule has 0 spiro atoms. The number of aliphatic carboxylic acids is 1. The number of carbonyl (C=O) groups excluding carboxylic acids is 2. The standard InChI is InChI=1S/C26H33N3O4/c1-2-25(31)29(22-10-8-21(9-11-22)27-24(30)12-13-26(32)33)23-15-18-28(19-16-23)17-14-20-6-4-3-5-7-20/h3-11,23H,2,12-19H2,1H3,(H,27,30)(H,32,33). The normalized spacial score (nSPS) is 14.6. The SMILES string of the molecule is CCC(=O)N(c1ccc(NC(=O)CCC(=O)O)cc1)C1CCN(CCc2ccccc2)CC1. The lowest BCUT2D eigenvalue weighted by Crippen LogP contribution is -2.47. The van der Waals surface area contributed by atoms with E-state index in [4.69, 9.17) is 5.11 Å². The zero-order chi connectivity index (χ0) is 23.6. The van der Waals surface area contributed by atoms with Crippen molar-refractivity contribution < 1.29 is 19.5 Å². The Morgan fingerprint density at radius 1 is 1.00 bits per heavy atom. The third-order valence-electron chi connectivity index (χ3n) is 6.05. The van der Waals surface area contributed by atoms with Gasteiger partial charge in [0.05, 0.1) is 6.42 Å². The maximum Gasteiger partial charge on any atom is 0.303 e. The first-order valence-corrected chi connectivity index (χ1v) is 11.7. The lowest BCUT2D eigenvalue weighted by atomic mass is 10.0. The number of carboxylic acid groups (broad SMARTS) is 1. The minimum atomic E-state index is -1.000. The Morgan fingerprint density at radius 3 is 2.27 bits per heavy atom. The van der Waals surface area contributed by atoms with Crippen LogP contribution in [0, 0.1) is 0 Å². The topological polar surface area (TPSA) is 90.0 Å². The second kappa shape index (κ2) is 12.2. The van der Waals surface area contributed by atoms with E-state index in [9.17, 15) is 14.4 Å². The van der Waals surface area contributed by atoms with Crippen LogP contribution >= 0.6 is 0 Å². The van der Waals surface area contributed by atoms with Crippen molar-refractivity contribution in [1.29, 1.82) is 0 Å². The van der Waals surface area contributed by atoms with Crippen molar-refractivity contribution in [3.05, 3.63) is 60.2 Å².